The Bertz CT molecular complexity index is 837. The lowest BCUT2D eigenvalue weighted by atomic mass is 10.1. The van der Waals surface area contributed by atoms with Gasteiger partial charge in [-0.3, -0.25) is 9.59 Å². The SMILES string of the molecule is COCC(=O)N1CCCN(C(=O)c2ccc3nc(C)c(C)nc3c2)CC1. The van der Waals surface area contributed by atoms with Gasteiger partial charge in [0.25, 0.3) is 5.91 Å². The van der Waals surface area contributed by atoms with Crippen LogP contribution in [0.5, 0.6) is 0 Å². The van der Waals surface area contributed by atoms with Crippen LogP contribution in [0.2, 0.25) is 0 Å². The Morgan fingerprint density at radius 3 is 2.38 bits per heavy atom. The molecule has 0 bridgehead atoms. The van der Waals surface area contributed by atoms with Crippen molar-refractivity contribution in [2.45, 2.75) is 20.3 Å². The number of carbonyl (C=O) groups excluding carboxylic acids is 2. The molecule has 1 saturated heterocycles. The predicted molar refractivity (Wildman–Crippen MR) is 98.0 cm³/mol. The first-order chi connectivity index (χ1) is 12.5. The van der Waals surface area contributed by atoms with Crippen LogP contribution in [-0.2, 0) is 9.53 Å². The average Bonchev–Trinajstić information content (AvgIpc) is 2.88. The van der Waals surface area contributed by atoms with E-state index in [1.807, 2.05) is 19.9 Å². The summed E-state index contributed by atoms with van der Waals surface area (Å²) in [6.07, 6.45) is 0.757. The smallest absolute Gasteiger partial charge is 0.253 e. The number of nitrogens with zero attached hydrogens (tertiary/aromatic N) is 4. The predicted octanol–water partition coefficient (Wildman–Crippen LogP) is 1.57. The van der Waals surface area contributed by atoms with Gasteiger partial charge < -0.3 is 14.5 Å². The van der Waals surface area contributed by atoms with Gasteiger partial charge in [0.1, 0.15) is 6.61 Å². The van der Waals surface area contributed by atoms with Crippen molar-refractivity contribution in [3.63, 3.8) is 0 Å². The van der Waals surface area contributed by atoms with Crippen LogP contribution >= 0.6 is 0 Å². The average molecular weight is 356 g/mol. The topological polar surface area (TPSA) is 75.6 Å². The van der Waals surface area contributed by atoms with Crippen molar-refractivity contribution in [1.29, 1.82) is 0 Å². The van der Waals surface area contributed by atoms with Crippen LogP contribution in [0.15, 0.2) is 18.2 Å². The molecular formula is C19H24N4O3. The highest BCUT2D eigenvalue weighted by molar-refractivity contribution is 5.97. The monoisotopic (exact) mass is 356 g/mol. The van der Waals surface area contributed by atoms with Crippen molar-refractivity contribution >= 4 is 22.8 Å². The number of ether oxygens (including phenoxy) is 1. The minimum Gasteiger partial charge on any atom is -0.375 e. The zero-order chi connectivity index (χ0) is 18.7. The van der Waals surface area contributed by atoms with Crippen molar-refractivity contribution in [1.82, 2.24) is 19.8 Å². The Morgan fingerprint density at radius 2 is 1.65 bits per heavy atom. The second kappa shape index (κ2) is 7.78. The summed E-state index contributed by atoms with van der Waals surface area (Å²) in [7, 11) is 1.51. The molecule has 3 rings (SSSR count). The summed E-state index contributed by atoms with van der Waals surface area (Å²) in [6.45, 7) is 6.24. The van der Waals surface area contributed by atoms with Crippen molar-refractivity contribution in [2.24, 2.45) is 0 Å². The number of aromatic nitrogens is 2. The van der Waals surface area contributed by atoms with Gasteiger partial charge in [0, 0.05) is 38.9 Å². The summed E-state index contributed by atoms with van der Waals surface area (Å²) in [4.78, 5) is 37.5. The molecule has 7 heteroatoms. The molecule has 138 valence electrons. The molecule has 0 radical (unpaired) electrons. The molecule has 1 aromatic carbocycles. The molecule has 1 aliphatic rings. The van der Waals surface area contributed by atoms with Gasteiger partial charge >= 0.3 is 0 Å². The van der Waals surface area contributed by atoms with Crippen LogP contribution in [-0.4, -0.2) is 71.5 Å². The van der Waals surface area contributed by atoms with E-state index in [1.165, 1.54) is 7.11 Å². The van der Waals surface area contributed by atoms with Crippen molar-refractivity contribution in [2.75, 3.05) is 39.9 Å². The molecule has 26 heavy (non-hydrogen) atoms. The molecule has 0 spiro atoms. The zero-order valence-corrected chi connectivity index (χ0v) is 15.5. The Hall–Kier alpha value is -2.54. The Labute approximate surface area is 153 Å². The zero-order valence-electron chi connectivity index (χ0n) is 15.5. The highest BCUT2D eigenvalue weighted by Gasteiger charge is 2.23. The number of amides is 2. The van der Waals surface area contributed by atoms with E-state index in [0.717, 1.165) is 28.8 Å². The molecule has 2 aromatic rings. The maximum Gasteiger partial charge on any atom is 0.253 e. The first-order valence-corrected chi connectivity index (χ1v) is 8.80. The third-order valence-electron chi connectivity index (χ3n) is 4.73. The van der Waals surface area contributed by atoms with Gasteiger partial charge in [0.15, 0.2) is 0 Å². The van der Waals surface area contributed by atoms with E-state index in [1.54, 1.807) is 21.9 Å². The first-order valence-electron chi connectivity index (χ1n) is 8.80. The maximum atomic E-state index is 12.9. The summed E-state index contributed by atoms with van der Waals surface area (Å²) in [5, 5.41) is 0. The Balaban J connectivity index is 1.75. The molecule has 1 fully saturated rings. The fraction of sp³-hybridized carbons (Fsp3) is 0.474. The van der Waals surface area contributed by atoms with E-state index < -0.39 is 0 Å². The van der Waals surface area contributed by atoms with Crippen LogP contribution < -0.4 is 0 Å². The van der Waals surface area contributed by atoms with Crippen LogP contribution in [0.3, 0.4) is 0 Å². The highest BCUT2D eigenvalue weighted by atomic mass is 16.5. The quantitative estimate of drug-likeness (QED) is 0.834. The number of hydrogen-bond donors (Lipinski definition) is 0. The lowest BCUT2D eigenvalue weighted by molar-refractivity contribution is -0.135. The Morgan fingerprint density at radius 1 is 1.00 bits per heavy atom. The number of benzene rings is 1. The van der Waals surface area contributed by atoms with Crippen LogP contribution in [0, 0.1) is 13.8 Å². The van der Waals surface area contributed by atoms with Crippen molar-refractivity contribution in [3.8, 4) is 0 Å². The number of fused-ring (bicyclic) bond motifs is 1. The molecule has 7 nitrogen and oxygen atoms in total. The van der Waals surface area contributed by atoms with Gasteiger partial charge in [-0.25, -0.2) is 9.97 Å². The molecular weight excluding hydrogens is 332 g/mol. The number of carbonyl (C=O) groups is 2. The van der Waals surface area contributed by atoms with Gasteiger partial charge in [-0.05, 0) is 38.5 Å². The van der Waals surface area contributed by atoms with Crippen LogP contribution in [0.25, 0.3) is 11.0 Å². The van der Waals surface area contributed by atoms with Crippen LogP contribution in [0.4, 0.5) is 0 Å². The molecule has 1 aromatic heterocycles. The van der Waals surface area contributed by atoms with Gasteiger partial charge in [-0.15, -0.1) is 0 Å². The van der Waals surface area contributed by atoms with E-state index in [0.29, 0.717) is 31.7 Å². The third kappa shape index (κ3) is 3.83. The highest BCUT2D eigenvalue weighted by Crippen LogP contribution is 2.17. The number of methoxy groups -OCH3 is 1. The summed E-state index contributed by atoms with van der Waals surface area (Å²) >= 11 is 0. The molecule has 0 N–H and O–H groups in total. The van der Waals surface area contributed by atoms with E-state index in [4.69, 9.17) is 4.74 Å². The van der Waals surface area contributed by atoms with Crippen molar-refractivity contribution < 1.29 is 14.3 Å². The molecule has 2 amide bonds. The van der Waals surface area contributed by atoms with E-state index in [9.17, 15) is 9.59 Å². The molecule has 0 unspecified atom stereocenters. The fourth-order valence-corrected chi connectivity index (χ4v) is 3.13. The minimum absolute atomic E-state index is 0.0337. The van der Waals surface area contributed by atoms with E-state index in [-0.39, 0.29) is 18.4 Å². The maximum absolute atomic E-state index is 12.9. The summed E-state index contributed by atoms with van der Waals surface area (Å²) in [5.74, 6) is -0.0680. The largest absolute Gasteiger partial charge is 0.375 e. The van der Waals surface area contributed by atoms with E-state index >= 15 is 0 Å². The fourth-order valence-electron chi connectivity index (χ4n) is 3.13. The summed E-state index contributed by atoms with van der Waals surface area (Å²) in [6, 6.07) is 5.44. The normalized spacial score (nSPS) is 15.2. The number of hydrogen-bond acceptors (Lipinski definition) is 5. The van der Waals surface area contributed by atoms with Gasteiger partial charge in [0.2, 0.25) is 5.91 Å². The third-order valence-corrected chi connectivity index (χ3v) is 4.73. The number of aryl methyl sites for hydroxylation is 2. The molecule has 0 atom stereocenters. The summed E-state index contributed by atoms with van der Waals surface area (Å²) in [5.41, 5.74) is 3.88. The van der Waals surface area contributed by atoms with Gasteiger partial charge in [-0.2, -0.15) is 0 Å². The molecule has 0 aliphatic carbocycles. The van der Waals surface area contributed by atoms with Gasteiger partial charge in [0.05, 0.1) is 22.4 Å². The van der Waals surface area contributed by atoms with Crippen LogP contribution in [0.1, 0.15) is 28.2 Å². The Kier molecular flexibility index (Phi) is 5.46. The van der Waals surface area contributed by atoms with Gasteiger partial charge in [-0.1, -0.05) is 0 Å². The summed E-state index contributed by atoms with van der Waals surface area (Å²) < 4.78 is 4.92. The lowest BCUT2D eigenvalue weighted by Gasteiger charge is -2.22. The first kappa shape index (κ1) is 18.3. The minimum atomic E-state index is -0.0343. The molecule has 1 aliphatic heterocycles. The lowest BCUT2D eigenvalue weighted by Crippen LogP contribution is -2.38. The molecule has 2 heterocycles. The second-order valence-corrected chi connectivity index (χ2v) is 6.56. The second-order valence-electron chi connectivity index (χ2n) is 6.56. The molecule has 0 saturated carbocycles. The van der Waals surface area contributed by atoms with Crippen molar-refractivity contribution in [3.05, 3.63) is 35.2 Å². The van der Waals surface area contributed by atoms with E-state index in [2.05, 4.69) is 9.97 Å². The number of rotatable bonds is 3. The standard InChI is InChI=1S/C19H24N4O3/c1-13-14(2)21-17-11-15(5-6-16(17)20-13)19(25)23-8-4-7-22(9-10-23)18(24)12-26-3/h5-6,11H,4,7-10,12H2,1-3H3.